The fourth-order valence-electron chi connectivity index (χ4n) is 2.11. The SMILES string of the molecule is CCC(Nc1c(F)cc(F)cc1Cl)c1ccc(OC)cc1. The number of methoxy groups -OCH3 is 1. The van der Waals surface area contributed by atoms with E-state index in [2.05, 4.69) is 5.32 Å². The van der Waals surface area contributed by atoms with Crippen LogP contribution in [0.2, 0.25) is 5.02 Å². The van der Waals surface area contributed by atoms with Crippen molar-refractivity contribution in [3.63, 3.8) is 0 Å². The first kappa shape index (κ1) is 15.6. The van der Waals surface area contributed by atoms with Crippen molar-refractivity contribution in [3.05, 3.63) is 58.6 Å². The molecule has 21 heavy (non-hydrogen) atoms. The molecule has 2 aromatic carbocycles. The molecule has 0 radical (unpaired) electrons. The highest BCUT2D eigenvalue weighted by atomic mass is 35.5. The number of hydrogen-bond donors (Lipinski definition) is 1. The molecule has 2 rings (SSSR count). The molecule has 0 saturated carbocycles. The third kappa shape index (κ3) is 3.64. The van der Waals surface area contributed by atoms with Crippen molar-refractivity contribution in [1.82, 2.24) is 0 Å². The second-order valence-corrected chi connectivity index (χ2v) is 5.03. The summed E-state index contributed by atoms with van der Waals surface area (Å²) in [5.41, 5.74) is 1.08. The molecule has 0 heterocycles. The Hall–Kier alpha value is -1.81. The molecule has 5 heteroatoms. The zero-order valence-electron chi connectivity index (χ0n) is 11.8. The van der Waals surface area contributed by atoms with Crippen molar-refractivity contribution in [1.29, 1.82) is 0 Å². The Kier molecular flexibility index (Phi) is 5.02. The summed E-state index contributed by atoms with van der Waals surface area (Å²) in [4.78, 5) is 0. The second kappa shape index (κ2) is 6.76. The van der Waals surface area contributed by atoms with E-state index in [0.717, 1.165) is 29.9 Å². The molecule has 1 atom stereocenters. The normalized spacial score (nSPS) is 12.0. The largest absolute Gasteiger partial charge is 0.497 e. The van der Waals surface area contributed by atoms with Gasteiger partial charge in [-0.25, -0.2) is 8.78 Å². The highest BCUT2D eigenvalue weighted by Crippen LogP contribution is 2.31. The average molecular weight is 312 g/mol. The summed E-state index contributed by atoms with van der Waals surface area (Å²) in [5, 5.41) is 3.06. The third-order valence-electron chi connectivity index (χ3n) is 3.25. The Morgan fingerprint density at radius 2 is 1.86 bits per heavy atom. The van der Waals surface area contributed by atoms with Gasteiger partial charge in [0.1, 0.15) is 11.6 Å². The van der Waals surface area contributed by atoms with Crippen molar-refractivity contribution >= 4 is 17.3 Å². The number of halogens is 3. The monoisotopic (exact) mass is 311 g/mol. The van der Waals surface area contributed by atoms with E-state index in [1.54, 1.807) is 7.11 Å². The summed E-state index contributed by atoms with van der Waals surface area (Å²) in [6, 6.07) is 9.24. The van der Waals surface area contributed by atoms with Gasteiger partial charge in [0.05, 0.1) is 23.9 Å². The van der Waals surface area contributed by atoms with E-state index in [4.69, 9.17) is 16.3 Å². The Morgan fingerprint density at radius 1 is 1.19 bits per heavy atom. The fourth-order valence-corrected chi connectivity index (χ4v) is 2.36. The van der Waals surface area contributed by atoms with Gasteiger partial charge in [0.25, 0.3) is 0 Å². The first-order valence-electron chi connectivity index (χ1n) is 6.60. The van der Waals surface area contributed by atoms with Gasteiger partial charge in [0.2, 0.25) is 0 Å². The van der Waals surface area contributed by atoms with E-state index in [-0.39, 0.29) is 16.8 Å². The molecule has 112 valence electrons. The smallest absolute Gasteiger partial charge is 0.150 e. The molecule has 0 aliphatic carbocycles. The third-order valence-corrected chi connectivity index (χ3v) is 3.55. The molecule has 1 unspecified atom stereocenters. The predicted octanol–water partition coefficient (Wildman–Crippen LogP) is 5.19. The molecular formula is C16H16ClF2NO. The summed E-state index contributed by atoms with van der Waals surface area (Å²) in [6.45, 7) is 1.97. The fraction of sp³-hybridized carbons (Fsp3) is 0.250. The van der Waals surface area contributed by atoms with Crippen molar-refractivity contribution in [2.45, 2.75) is 19.4 Å². The predicted molar refractivity (Wildman–Crippen MR) is 81.0 cm³/mol. The zero-order chi connectivity index (χ0) is 15.4. The number of hydrogen-bond acceptors (Lipinski definition) is 2. The average Bonchev–Trinajstić information content (AvgIpc) is 2.47. The second-order valence-electron chi connectivity index (χ2n) is 4.62. The van der Waals surface area contributed by atoms with Crippen LogP contribution in [-0.4, -0.2) is 7.11 Å². The maximum atomic E-state index is 13.8. The van der Waals surface area contributed by atoms with Crippen molar-refractivity contribution in [2.24, 2.45) is 0 Å². The molecule has 2 aromatic rings. The van der Waals surface area contributed by atoms with Crippen LogP contribution in [0.15, 0.2) is 36.4 Å². The Bertz CT molecular complexity index is 593. The van der Waals surface area contributed by atoms with Crippen LogP contribution in [0.25, 0.3) is 0 Å². The number of rotatable bonds is 5. The minimum atomic E-state index is -0.702. The molecule has 2 nitrogen and oxygen atoms in total. The molecule has 0 aliphatic rings. The lowest BCUT2D eigenvalue weighted by molar-refractivity contribution is 0.414. The van der Waals surface area contributed by atoms with E-state index >= 15 is 0 Å². The standard InChI is InChI=1S/C16H16ClF2NO/c1-3-15(10-4-6-12(21-2)7-5-10)20-16-13(17)8-11(18)9-14(16)19/h4-9,15,20H,3H2,1-2H3. The van der Waals surface area contributed by atoms with Gasteiger partial charge >= 0.3 is 0 Å². The van der Waals surface area contributed by atoms with Crippen LogP contribution < -0.4 is 10.1 Å². The number of nitrogens with one attached hydrogen (secondary N) is 1. The molecule has 0 spiro atoms. The van der Waals surface area contributed by atoms with Gasteiger partial charge in [-0.2, -0.15) is 0 Å². The lowest BCUT2D eigenvalue weighted by atomic mass is 10.0. The van der Waals surface area contributed by atoms with Gasteiger partial charge in [-0.15, -0.1) is 0 Å². The molecule has 0 fully saturated rings. The van der Waals surface area contributed by atoms with E-state index in [1.807, 2.05) is 31.2 Å². The molecule has 0 aliphatic heterocycles. The van der Waals surface area contributed by atoms with Crippen LogP contribution in [-0.2, 0) is 0 Å². The van der Waals surface area contributed by atoms with Gasteiger partial charge in [0, 0.05) is 6.07 Å². The molecular weight excluding hydrogens is 296 g/mol. The molecule has 0 saturated heterocycles. The van der Waals surface area contributed by atoms with Crippen molar-refractivity contribution in [2.75, 3.05) is 12.4 Å². The first-order valence-corrected chi connectivity index (χ1v) is 6.98. The van der Waals surface area contributed by atoms with Crippen LogP contribution in [0.4, 0.5) is 14.5 Å². The van der Waals surface area contributed by atoms with Crippen LogP contribution in [0, 0.1) is 11.6 Å². The van der Waals surface area contributed by atoms with E-state index in [0.29, 0.717) is 0 Å². The van der Waals surface area contributed by atoms with E-state index < -0.39 is 11.6 Å². The Morgan fingerprint density at radius 3 is 2.38 bits per heavy atom. The van der Waals surface area contributed by atoms with Gasteiger partial charge in [-0.1, -0.05) is 30.7 Å². The van der Waals surface area contributed by atoms with E-state index in [1.165, 1.54) is 0 Å². The topological polar surface area (TPSA) is 21.3 Å². The van der Waals surface area contributed by atoms with Crippen LogP contribution in [0.1, 0.15) is 24.9 Å². The van der Waals surface area contributed by atoms with Crippen LogP contribution in [0.5, 0.6) is 5.75 Å². The van der Waals surface area contributed by atoms with Gasteiger partial charge < -0.3 is 10.1 Å². The summed E-state index contributed by atoms with van der Waals surface area (Å²) in [6.07, 6.45) is 0.722. The highest BCUT2D eigenvalue weighted by Gasteiger charge is 2.15. The Balaban J connectivity index is 2.26. The highest BCUT2D eigenvalue weighted by molar-refractivity contribution is 6.33. The van der Waals surface area contributed by atoms with Gasteiger partial charge in [0.15, 0.2) is 5.82 Å². The molecule has 0 bridgehead atoms. The first-order chi connectivity index (χ1) is 10.0. The summed E-state index contributed by atoms with van der Waals surface area (Å²) < 4.78 is 32.0. The maximum Gasteiger partial charge on any atom is 0.150 e. The van der Waals surface area contributed by atoms with Crippen LogP contribution in [0.3, 0.4) is 0 Å². The maximum absolute atomic E-state index is 13.8. The molecule has 1 N–H and O–H groups in total. The lowest BCUT2D eigenvalue weighted by Gasteiger charge is -2.20. The number of anilines is 1. The van der Waals surface area contributed by atoms with E-state index in [9.17, 15) is 8.78 Å². The minimum Gasteiger partial charge on any atom is -0.497 e. The zero-order valence-corrected chi connectivity index (χ0v) is 12.5. The number of benzene rings is 2. The summed E-state index contributed by atoms with van der Waals surface area (Å²) in [7, 11) is 1.60. The molecule has 0 aromatic heterocycles. The number of ether oxygens (including phenoxy) is 1. The van der Waals surface area contributed by atoms with Gasteiger partial charge in [-0.3, -0.25) is 0 Å². The summed E-state index contributed by atoms with van der Waals surface area (Å²) in [5.74, 6) is -0.646. The Labute approximate surface area is 127 Å². The summed E-state index contributed by atoms with van der Waals surface area (Å²) >= 11 is 5.91. The minimum absolute atomic E-state index is 0.0273. The lowest BCUT2D eigenvalue weighted by Crippen LogP contribution is -2.11. The van der Waals surface area contributed by atoms with Crippen LogP contribution >= 0.6 is 11.6 Å². The van der Waals surface area contributed by atoms with Crippen molar-refractivity contribution < 1.29 is 13.5 Å². The quantitative estimate of drug-likeness (QED) is 0.820. The van der Waals surface area contributed by atoms with Crippen molar-refractivity contribution in [3.8, 4) is 5.75 Å². The molecule has 0 amide bonds. The van der Waals surface area contributed by atoms with Gasteiger partial charge in [-0.05, 0) is 30.2 Å².